The van der Waals surface area contributed by atoms with Gasteiger partial charge in [-0.3, -0.25) is 4.55 Å². The van der Waals surface area contributed by atoms with Gasteiger partial charge in [-0.05, 0) is 70.2 Å². The van der Waals surface area contributed by atoms with Crippen LogP contribution in [0.2, 0.25) is 0 Å². The van der Waals surface area contributed by atoms with Gasteiger partial charge in [0, 0.05) is 3.57 Å². The van der Waals surface area contributed by atoms with E-state index in [4.69, 9.17) is 0 Å². The first-order valence-corrected chi connectivity index (χ1v) is 14.9. The van der Waals surface area contributed by atoms with Gasteiger partial charge in [-0.1, -0.05) is 116 Å². The molecule has 0 fully saturated rings. The van der Waals surface area contributed by atoms with E-state index in [-0.39, 0.29) is 10.3 Å². The molecule has 0 aliphatic carbocycles. The van der Waals surface area contributed by atoms with Crippen molar-refractivity contribution in [2.75, 3.05) is 0 Å². The van der Waals surface area contributed by atoms with Crippen molar-refractivity contribution in [2.24, 2.45) is 0 Å². The third-order valence-corrected chi connectivity index (χ3v) is 7.43. The highest BCUT2D eigenvalue weighted by Gasteiger charge is 2.14. The highest BCUT2D eigenvalue weighted by Crippen LogP contribution is 2.22. The van der Waals surface area contributed by atoms with Crippen molar-refractivity contribution in [3.8, 4) is 0 Å². The SMILES string of the molecule is CC(C)(C)c1ccc(I)cc1.CCCCCCCCCCCCc1ccccc1S(=O)(=O)O. The van der Waals surface area contributed by atoms with E-state index >= 15 is 0 Å². The largest absolute Gasteiger partial charge is 0.294 e. The average Bonchev–Trinajstić information content (AvgIpc) is 2.75. The van der Waals surface area contributed by atoms with E-state index in [1.54, 1.807) is 12.1 Å². The van der Waals surface area contributed by atoms with Gasteiger partial charge in [0.05, 0.1) is 4.90 Å². The second kappa shape index (κ2) is 15.9. The molecule has 33 heavy (non-hydrogen) atoms. The molecule has 0 aliphatic heterocycles. The average molecular weight is 587 g/mol. The van der Waals surface area contributed by atoms with E-state index in [0.717, 1.165) is 18.4 Å². The van der Waals surface area contributed by atoms with E-state index in [2.05, 4.69) is 74.6 Å². The summed E-state index contributed by atoms with van der Waals surface area (Å²) in [6.07, 6.45) is 13.3. The molecule has 5 heteroatoms. The lowest BCUT2D eigenvalue weighted by Gasteiger charge is -2.18. The first kappa shape index (κ1) is 30.1. The van der Waals surface area contributed by atoms with Gasteiger partial charge in [0.25, 0.3) is 10.1 Å². The number of hydrogen-bond donors (Lipinski definition) is 1. The fourth-order valence-electron chi connectivity index (χ4n) is 3.71. The minimum atomic E-state index is -4.10. The van der Waals surface area contributed by atoms with Crippen molar-refractivity contribution < 1.29 is 13.0 Å². The molecule has 1 N–H and O–H groups in total. The van der Waals surface area contributed by atoms with Gasteiger partial charge in [0.2, 0.25) is 0 Å². The van der Waals surface area contributed by atoms with Crippen LogP contribution in [0.5, 0.6) is 0 Å². The topological polar surface area (TPSA) is 54.4 Å². The number of unbranched alkanes of at least 4 members (excludes halogenated alkanes) is 9. The maximum Gasteiger partial charge on any atom is 0.294 e. The molecule has 0 heterocycles. The van der Waals surface area contributed by atoms with Crippen LogP contribution in [0.4, 0.5) is 0 Å². The Labute approximate surface area is 216 Å². The standard InChI is InChI=1S/C18H30O3S.C10H13I/c1-2-3-4-5-6-7-8-9-10-11-14-17-15-12-13-16-18(17)22(19,20)21;1-10(2,3)8-4-6-9(11)7-5-8/h12-13,15-16H,2-11,14H2,1H3,(H,19,20,21);4-7H,1-3H3. The molecule has 186 valence electrons. The predicted molar refractivity (Wildman–Crippen MR) is 150 cm³/mol. The zero-order chi connectivity index (χ0) is 24.7. The van der Waals surface area contributed by atoms with Crippen LogP contribution in [0.3, 0.4) is 0 Å². The van der Waals surface area contributed by atoms with Crippen LogP contribution in [0, 0.1) is 3.57 Å². The van der Waals surface area contributed by atoms with Gasteiger partial charge in [-0.2, -0.15) is 8.42 Å². The van der Waals surface area contributed by atoms with Crippen LogP contribution in [-0.2, 0) is 22.0 Å². The highest BCUT2D eigenvalue weighted by atomic mass is 127. The third kappa shape index (κ3) is 13.5. The summed E-state index contributed by atoms with van der Waals surface area (Å²) in [4.78, 5) is 0.0610. The van der Waals surface area contributed by atoms with Gasteiger partial charge in [-0.15, -0.1) is 0 Å². The Morgan fingerprint density at radius 3 is 1.73 bits per heavy atom. The molecular formula is C28H43IO3S. The van der Waals surface area contributed by atoms with Gasteiger partial charge in [0.1, 0.15) is 0 Å². The summed E-state index contributed by atoms with van der Waals surface area (Å²) in [5.41, 5.74) is 2.41. The zero-order valence-electron chi connectivity index (χ0n) is 20.9. The lowest BCUT2D eigenvalue weighted by molar-refractivity contribution is 0.481. The van der Waals surface area contributed by atoms with Crippen molar-refractivity contribution >= 4 is 32.7 Å². The van der Waals surface area contributed by atoms with E-state index < -0.39 is 10.1 Å². The molecule has 2 aromatic carbocycles. The van der Waals surface area contributed by atoms with Crippen molar-refractivity contribution in [1.82, 2.24) is 0 Å². The van der Waals surface area contributed by atoms with Crippen LogP contribution in [0.25, 0.3) is 0 Å². The fourth-order valence-corrected chi connectivity index (χ4v) is 4.83. The first-order chi connectivity index (χ1) is 15.6. The number of hydrogen-bond acceptors (Lipinski definition) is 2. The Morgan fingerprint density at radius 1 is 0.758 bits per heavy atom. The Kier molecular flexibility index (Phi) is 14.5. The molecule has 2 aromatic rings. The summed E-state index contributed by atoms with van der Waals surface area (Å²) >= 11 is 2.32. The summed E-state index contributed by atoms with van der Waals surface area (Å²) < 4.78 is 33.1. The Bertz CT molecular complexity index is 884. The first-order valence-electron chi connectivity index (χ1n) is 12.4. The van der Waals surface area contributed by atoms with E-state index in [1.165, 1.54) is 66.6 Å². The molecule has 0 bridgehead atoms. The number of rotatable bonds is 12. The Hall–Kier alpha value is -0.920. The van der Waals surface area contributed by atoms with Crippen molar-refractivity contribution in [2.45, 2.75) is 109 Å². The molecular weight excluding hydrogens is 543 g/mol. The molecule has 0 saturated carbocycles. The van der Waals surface area contributed by atoms with Crippen LogP contribution >= 0.6 is 22.6 Å². The monoisotopic (exact) mass is 586 g/mol. The van der Waals surface area contributed by atoms with E-state index in [0.29, 0.717) is 6.42 Å². The summed E-state index contributed by atoms with van der Waals surface area (Å²) in [6.45, 7) is 8.93. The second-order valence-electron chi connectivity index (χ2n) is 9.77. The third-order valence-electron chi connectivity index (χ3n) is 5.76. The van der Waals surface area contributed by atoms with E-state index in [9.17, 15) is 13.0 Å². The number of halogens is 1. The zero-order valence-corrected chi connectivity index (χ0v) is 23.9. The lowest BCUT2D eigenvalue weighted by atomic mass is 9.87. The molecule has 0 unspecified atom stereocenters. The molecule has 0 amide bonds. The van der Waals surface area contributed by atoms with Gasteiger partial charge in [0.15, 0.2) is 0 Å². The number of aryl methyl sites for hydroxylation is 1. The van der Waals surface area contributed by atoms with Crippen molar-refractivity contribution in [3.63, 3.8) is 0 Å². The molecule has 0 aliphatic rings. The van der Waals surface area contributed by atoms with Gasteiger partial charge < -0.3 is 0 Å². The van der Waals surface area contributed by atoms with Crippen LogP contribution in [0.15, 0.2) is 53.4 Å². The van der Waals surface area contributed by atoms with Crippen LogP contribution in [0.1, 0.15) is 103 Å². The normalized spacial score (nSPS) is 11.7. The lowest BCUT2D eigenvalue weighted by Crippen LogP contribution is -2.10. The minimum absolute atomic E-state index is 0.0610. The molecule has 2 rings (SSSR count). The molecule has 0 atom stereocenters. The second-order valence-corrected chi connectivity index (χ2v) is 12.4. The summed E-state index contributed by atoms with van der Waals surface area (Å²) in [7, 11) is -4.10. The Morgan fingerprint density at radius 2 is 1.24 bits per heavy atom. The number of benzene rings is 2. The van der Waals surface area contributed by atoms with Gasteiger partial charge in [-0.25, -0.2) is 0 Å². The molecule has 3 nitrogen and oxygen atoms in total. The molecule has 0 aromatic heterocycles. The fraction of sp³-hybridized carbons (Fsp3) is 0.571. The van der Waals surface area contributed by atoms with Gasteiger partial charge >= 0.3 is 0 Å². The maximum absolute atomic E-state index is 11.3. The summed E-state index contributed by atoms with van der Waals surface area (Å²) in [5, 5.41) is 0. The quantitative estimate of drug-likeness (QED) is 0.153. The van der Waals surface area contributed by atoms with Crippen LogP contribution < -0.4 is 0 Å². The van der Waals surface area contributed by atoms with Crippen LogP contribution in [-0.4, -0.2) is 13.0 Å². The van der Waals surface area contributed by atoms with E-state index in [1.807, 2.05) is 6.07 Å². The molecule has 0 saturated heterocycles. The summed E-state index contributed by atoms with van der Waals surface area (Å²) in [5.74, 6) is 0. The highest BCUT2D eigenvalue weighted by molar-refractivity contribution is 14.1. The maximum atomic E-state index is 11.3. The van der Waals surface area contributed by atoms with Crippen molar-refractivity contribution in [1.29, 1.82) is 0 Å². The summed E-state index contributed by atoms with van der Waals surface area (Å²) in [6, 6.07) is 15.4. The Balaban J connectivity index is 0.000000412. The predicted octanol–water partition coefficient (Wildman–Crippen LogP) is 8.99. The molecule has 0 spiro atoms. The minimum Gasteiger partial charge on any atom is -0.282 e. The molecule has 0 radical (unpaired) electrons. The van der Waals surface area contributed by atoms with Crippen molar-refractivity contribution in [3.05, 3.63) is 63.2 Å². The smallest absolute Gasteiger partial charge is 0.282 e.